The van der Waals surface area contributed by atoms with Gasteiger partial charge < -0.3 is 10.0 Å². The highest BCUT2D eigenvalue weighted by Gasteiger charge is 2.27. The van der Waals surface area contributed by atoms with E-state index in [4.69, 9.17) is 0 Å². The second-order valence-electron chi connectivity index (χ2n) is 7.57. The topological polar surface area (TPSA) is 23.5 Å². The number of aliphatic hydroxyl groups excluding tert-OH is 1. The molecule has 0 amide bonds. The second-order valence-corrected chi connectivity index (χ2v) is 7.57. The van der Waals surface area contributed by atoms with Gasteiger partial charge in [-0.15, -0.1) is 0 Å². The molecular weight excluding hydrogens is 258 g/mol. The first-order valence-electron chi connectivity index (χ1n) is 8.40. The number of hydrogen-bond acceptors (Lipinski definition) is 2. The molecule has 1 aliphatic rings. The second kappa shape index (κ2) is 6.93. The Kier molecular flexibility index (Phi) is 5.45. The van der Waals surface area contributed by atoms with Gasteiger partial charge in [-0.1, -0.05) is 52.0 Å². The van der Waals surface area contributed by atoms with Gasteiger partial charge in [0, 0.05) is 19.0 Å². The minimum absolute atomic E-state index is 0.139. The maximum absolute atomic E-state index is 10.3. The molecular formula is C19H31NO. The number of aliphatic hydroxyl groups is 1. The third-order valence-electron chi connectivity index (χ3n) is 4.64. The van der Waals surface area contributed by atoms with Crippen molar-refractivity contribution >= 4 is 0 Å². The fraction of sp³-hybridized carbons (Fsp3) is 0.684. The molecule has 2 nitrogen and oxygen atoms in total. The van der Waals surface area contributed by atoms with E-state index in [-0.39, 0.29) is 11.5 Å². The normalized spacial score (nSPS) is 24.2. The molecule has 2 atom stereocenters. The van der Waals surface area contributed by atoms with Crippen molar-refractivity contribution in [2.24, 2.45) is 5.92 Å². The number of likely N-dealkylation sites (tertiary alicyclic amines) is 1. The summed E-state index contributed by atoms with van der Waals surface area (Å²) in [6.45, 7) is 12.2. The summed E-state index contributed by atoms with van der Waals surface area (Å²) >= 11 is 0. The molecule has 0 saturated carbocycles. The Labute approximate surface area is 130 Å². The molecule has 0 bridgehead atoms. The summed E-state index contributed by atoms with van der Waals surface area (Å²) in [7, 11) is 0. The zero-order valence-corrected chi connectivity index (χ0v) is 14.1. The number of benzene rings is 1. The SMILES string of the molecule is CCCN1CCC(O)C(Cc2ccc(C(C)(C)C)cc2)C1. The number of nitrogens with zero attached hydrogens (tertiary/aromatic N) is 1. The lowest BCUT2D eigenvalue weighted by molar-refractivity contribution is 0.0270. The zero-order chi connectivity index (χ0) is 15.5. The quantitative estimate of drug-likeness (QED) is 0.915. The molecule has 21 heavy (non-hydrogen) atoms. The van der Waals surface area contributed by atoms with Crippen LogP contribution in [0.2, 0.25) is 0 Å². The van der Waals surface area contributed by atoms with E-state index in [0.29, 0.717) is 5.92 Å². The molecule has 1 N–H and O–H groups in total. The molecule has 1 heterocycles. The first-order chi connectivity index (χ1) is 9.90. The van der Waals surface area contributed by atoms with Crippen LogP contribution in [0.25, 0.3) is 0 Å². The monoisotopic (exact) mass is 289 g/mol. The summed E-state index contributed by atoms with van der Waals surface area (Å²) in [5.41, 5.74) is 2.94. The Hall–Kier alpha value is -0.860. The van der Waals surface area contributed by atoms with E-state index in [1.165, 1.54) is 17.5 Å². The number of rotatable bonds is 4. The van der Waals surface area contributed by atoms with Gasteiger partial charge in [0.15, 0.2) is 0 Å². The minimum Gasteiger partial charge on any atom is -0.393 e. The van der Waals surface area contributed by atoms with E-state index in [9.17, 15) is 5.11 Å². The van der Waals surface area contributed by atoms with Gasteiger partial charge in [-0.05, 0) is 42.3 Å². The summed E-state index contributed by atoms with van der Waals surface area (Å²) in [5, 5.41) is 10.3. The van der Waals surface area contributed by atoms with E-state index in [2.05, 4.69) is 56.9 Å². The molecule has 2 rings (SSSR count). The molecule has 0 radical (unpaired) electrons. The Morgan fingerprint density at radius 2 is 1.86 bits per heavy atom. The summed E-state index contributed by atoms with van der Waals surface area (Å²) in [6.07, 6.45) is 2.97. The van der Waals surface area contributed by atoms with Gasteiger partial charge >= 0.3 is 0 Å². The molecule has 1 aliphatic heterocycles. The molecule has 0 aliphatic carbocycles. The van der Waals surface area contributed by atoms with Crippen LogP contribution in [0.3, 0.4) is 0 Å². The molecule has 1 fully saturated rings. The van der Waals surface area contributed by atoms with Crippen LogP contribution in [0.5, 0.6) is 0 Å². The lowest BCUT2D eigenvalue weighted by atomic mass is 9.84. The van der Waals surface area contributed by atoms with Crippen molar-refractivity contribution in [1.29, 1.82) is 0 Å². The van der Waals surface area contributed by atoms with E-state index < -0.39 is 0 Å². The van der Waals surface area contributed by atoms with Crippen LogP contribution in [0.4, 0.5) is 0 Å². The lowest BCUT2D eigenvalue weighted by Gasteiger charge is -2.36. The van der Waals surface area contributed by atoms with E-state index in [1.54, 1.807) is 0 Å². The van der Waals surface area contributed by atoms with Gasteiger partial charge in [0.05, 0.1) is 6.10 Å². The van der Waals surface area contributed by atoms with E-state index >= 15 is 0 Å². The molecule has 1 saturated heterocycles. The van der Waals surface area contributed by atoms with Gasteiger partial charge in [-0.25, -0.2) is 0 Å². The third kappa shape index (κ3) is 4.55. The summed E-state index contributed by atoms with van der Waals surface area (Å²) in [4.78, 5) is 2.50. The minimum atomic E-state index is -0.139. The van der Waals surface area contributed by atoms with E-state index in [0.717, 1.165) is 32.5 Å². The highest BCUT2D eigenvalue weighted by molar-refractivity contribution is 5.27. The molecule has 2 heteroatoms. The van der Waals surface area contributed by atoms with Crippen LogP contribution in [0.1, 0.15) is 51.7 Å². The lowest BCUT2D eigenvalue weighted by Crippen LogP contribution is -2.44. The average Bonchev–Trinajstić information content (AvgIpc) is 2.42. The predicted molar refractivity (Wildman–Crippen MR) is 89.7 cm³/mol. The Morgan fingerprint density at radius 3 is 2.43 bits per heavy atom. The van der Waals surface area contributed by atoms with Crippen LogP contribution in [-0.2, 0) is 11.8 Å². The maximum atomic E-state index is 10.3. The van der Waals surface area contributed by atoms with Crippen molar-refractivity contribution in [3.05, 3.63) is 35.4 Å². The van der Waals surface area contributed by atoms with Crippen LogP contribution in [-0.4, -0.2) is 35.7 Å². The summed E-state index contributed by atoms with van der Waals surface area (Å²) in [6, 6.07) is 8.97. The summed E-state index contributed by atoms with van der Waals surface area (Å²) in [5.74, 6) is 0.380. The van der Waals surface area contributed by atoms with Gasteiger partial charge in [0.2, 0.25) is 0 Å². The molecule has 118 valence electrons. The first-order valence-corrected chi connectivity index (χ1v) is 8.40. The molecule has 1 aromatic carbocycles. The van der Waals surface area contributed by atoms with Crippen molar-refractivity contribution in [1.82, 2.24) is 4.90 Å². The fourth-order valence-electron chi connectivity index (χ4n) is 3.26. The summed E-state index contributed by atoms with van der Waals surface area (Å²) < 4.78 is 0. The largest absolute Gasteiger partial charge is 0.393 e. The maximum Gasteiger partial charge on any atom is 0.0596 e. The highest BCUT2D eigenvalue weighted by Crippen LogP contribution is 2.25. The Bertz CT molecular complexity index is 432. The molecule has 1 aromatic rings. The van der Waals surface area contributed by atoms with Crippen LogP contribution >= 0.6 is 0 Å². The van der Waals surface area contributed by atoms with Crippen molar-refractivity contribution in [2.75, 3.05) is 19.6 Å². The molecule has 2 unspecified atom stereocenters. The Morgan fingerprint density at radius 1 is 1.19 bits per heavy atom. The number of hydrogen-bond donors (Lipinski definition) is 1. The standard InChI is InChI=1S/C19H31NO/c1-5-11-20-12-10-18(21)16(14-20)13-15-6-8-17(9-7-15)19(2,3)4/h6-9,16,18,21H,5,10-14H2,1-4H3. The molecule has 0 aromatic heterocycles. The van der Waals surface area contributed by atoms with Crippen LogP contribution < -0.4 is 0 Å². The average molecular weight is 289 g/mol. The smallest absolute Gasteiger partial charge is 0.0596 e. The van der Waals surface area contributed by atoms with Gasteiger partial charge in [-0.2, -0.15) is 0 Å². The highest BCUT2D eigenvalue weighted by atomic mass is 16.3. The van der Waals surface area contributed by atoms with Crippen LogP contribution in [0.15, 0.2) is 24.3 Å². The number of piperidine rings is 1. The van der Waals surface area contributed by atoms with Crippen molar-refractivity contribution in [3.63, 3.8) is 0 Å². The van der Waals surface area contributed by atoms with Crippen molar-refractivity contribution in [3.8, 4) is 0 Å². The van der Waals surface area contributed by atoms with Gasteiger partial charge in [0.1, 0.15) is 0 Å². The van der Waals surface area contributed by atoms with Crippen LogP contribution in [0, 0.1) is 5.92 Å². The first kappa shape index (κ1) is 16.5. The van der Waals surface area contributed by atoms with Crippen molar-refractivity contribution < 1.29 is 5.11 Å². The van der Waals surface area contributed by atoms with Gasteiger partial charge in [0.25, 0.3) is 0 Å². The zero-order valence-electron chi connectivity index (χ0n) is 14.1. The van der Waals surface area contributed by atoms with E-state index in [1.807, 2.05) is 0 Å². The molecule has 0 spiro atoms. The third-order valence-corrected chi connectivity index (χ3v) is 4.64. The Balaban J connectivity index is 1.99. The van der Waals surface area contributed by atoms with Gasteiger partial charge in [-0.3, -0.25) is 0 Å². The van der Waals surface area contributed by atoms with Crippen molar-refractivity contribution in [2.45, 2.75) is 58.5 Å². The predicted octanol–water partition coefficient (Wildman–Crippen LogP) is 3.62. The fourth-order valence-corrected chi connectivity index (χ4v) is 3.26.